The molecule has 3 rings (SSSR count). The average molecular weight is 346 g/mol. The number of hydrogen-bond donors (Lipinski definition) is 3. The van der Waals surface area contributed by atoms with Crippen LogP contribution >= 0.6 is 0 Å². The minimum Gasteiger partial charge on any atom is -0.446 e. The fraction of sp³-hybridized carbons (Fsp3) is 0.632. The molecule has 5 N–H and O–H groups in total. The Balaban J connectivity index is 1.52. The molecule has 0 aromatic heterocycles. The molecule has 1 aromatic rings. The van der Waals surface area contributed by atoms with E-state index in [-0.39, 0.29) is 23.5 Å². The van der Waals surface area contributed by atoms with Crippen molar-refractivity contribution in [2.24, 2.45) is 11.3 Å². The normalized spacial score (nSPS) is 22.2. The summed E-state index contributed by atoms with van der Waals surface area (Å²) < 4.78 is 5.74. The molecule has 2 atom stereocenters. The van der Waals surface area contributed by atoms with E-state index in [0.717, 1.165) is 44.6 Å². The molecule has 0 aliphatic carbocycles. The fourth-order valence-corrected chi connectivity index (χ4v) is 3.70. The molecule has 2 aliphatic rings. The monoisotopic (exact) mass is 346 g/mol. The minimum atomic E-state index is -0.188. The van der Waals surface area contributed by atoms with Crippen LogP contribution in [0.1, 0.15) is 39.5 Å². The summed E-state index contributed by atoms with van der Waals surface area (Å²) in [5, 5.41) is 3.26. The van der Waals surface area contributed by atoms with Crippen molar-refractivity contribution in [1.82, 2.24) is 5.32 Å². The zero-order valence-corrected chi connectivity index (χ0v) is 15.3. The van der Waals surface area contributed by atoms with Crippen LogP contribution in [0.4, 0.5) is 17.1 Å². The average Bonchev–Trinajstić information content (AvgIpc) is 2.54. The highest BCUT2D eigenvalue weighted by molar-refractivity contribution is 5.80. The predicted octanol–water partition coefficient (Wildman–Crippen LogP) is 2.35. The number of nitrogens with one attached hydrogen (secondary N) is 1. The maximum absolute atomic E-state index is 12.3. The van der Waals surface area contributed by atoms with E-state index >= 15 is 0 Å². The van der Waals surface area contributed by atoms with Gasteiger partial charge in [0.2, 0.25) is 0 Å². The summed E-state index contributed by atoms with van der Waals surface area (Å²) in [6.45, 7) is 6.66. The summed E-state index contributed by atoms with van der Waals surface area (Å²) in [5.41, 5.74) is 14.2. The van der Waals surface area contributed by atoms with Crippen molar-refractivity contribution in [3.8, 4) is 0 Å². The van der Waals surface area contributed by atoms with Gasteiger partial charge in [0.15, 0.2) is 6.23 Å². The fourth-order valence-electron chi connectivity index (χ4n) is 3.70. The van der Waals surface area contributed by atoms with Gasteiger partial charge in [-0.2, -0.15) is 0 Å². The number of para-hydroxylation sites is 1. The van der Waals surface area contributed by atoms with Crippen LogP contribution < -0.4 is 21.7 Å². The highest BCUT2D eigenvalue weighted by Crippen LogP contribution is 2.44. The quantitative estimate of drug-likeness (QED) is 0.399. The number of rotatable bonds is 7. The summed E-state index contributed by atoms with van der Waals surface area (Å²) in [5.74, 6) is -0.124. The number of ether oxygens (including phenoxy) is 1. The highest BCUT2D eigenvalue weighted by Gasteiger charge is 2.57. The Kier molecular flexibility index (Phi) is 5.08. The van der Waals surface area contributed by atoms with Gasteiger partial charge < -0.3 is 21.1 Å². The zero-order valence-electron chi connectivity index (χ0n) is 15.3. The second kappa shape index (κ2) is 7.12. The molecule has 0 bridgehead atoms. The summed E-state index contributed by atoms with van der Waals surface area (Å²) in [6.07, 6.45) is 4.13. The Morgan fingerprint density at radius 1 is 1.40 bits per heavy atom. The summed E-state index contributed by atoms with van der Waals surface area (Å²) in [7, 11) is 0. The van der Waals surface area contributed by atoms with Crippen LogP contribution in [0.5, 0.6) is 0 Å². The van der Waals surface area contributed by atoms with Gasteiger partial charge in [-0.15, -0.1) is 0 Å². The molecule has 0 amide bonds. The van der Waals surface area contributed by atoms with Crippen molar-refractivity contribution in [2.75, 3.05) is 36.0 Å². The van der Waals surface area contributed by atoms with Crippen molar-refractivity contribution in [2.45, 2.75) is 45.8 Å². The third-order valence-corrected chi connectivity index (χ3v) is 5.54. The Bertz CT molecular complexity index is 628. The Labute approximate surface area is 149 Å². The lowest BCUT2D eigenvalue weighted by molar-refractivity contribution is -0.180. The summed E-state index contributed by atoms with van der Waals surface area (Å²) in [4.78, 5) is 14.5. The first-order valence-electron chi connectivity index (χ1n) is 9.29. The lowest BCUT2D eigenvalue weighted by atomic mass is 9.72. The van der Waals surface area contributed by atoms with Crippen LogP contribution in [0, 0.1) is 11.3 Å². The van der Waals surface area contributed by atoms with E-state index in [1.807, 2.05) is 25.1 Å². The Morgan fingerprint density at radius 3 is 2.80 bits per heavy atom. The van der Waals surface area contributed by atoms with Crippen LogP contribution in [0.2, 0.25) is 0 Å². The molecule has 25 heavy (non-hydrogen) atoms. The maximum Gasteiger partial charge on any atom is 0.310 e. The predicted molar refractivity (Wildman–Crippen MR) is 101 cm³/mol. The largest absolute Gasteiger partial charge is 0.446 e. The molecule has 0 radical (unpaired) electrons. The smallest absolute Gasteiger partial charge is 0.310 e. The van der Waals surface area contributed by atoms with Crippen molar-refractivity contribution in [1.29, 1.82) is 0 Å². The highest BCUT2D eigenvalue weighted by atomic mass is 16.6. The van der Waals surface area contributed by atoms with Crippen molar-refractivity contribution in [3.05, 3.63) is 18.2 Å². The van der Waals surface area contributed by atoms with E-state index in [2.05, 4.69) is 17.1 Å². The van der Waals surface area contributed by atoms with E-state index < -0.39 is 0 Å². The van der Waals surface area contributed by atoms with Gasteiger partial charge >= 0.3 is 5.97 Å². The van der Waals surface area contributed by atoms with Gasteiger partial charge in [-0.25, -0.2) is 0 Å². The number of nitrogens with zero attached hydrogens (tertiary/aromatic N) is 1. The molecule has 2 aliphatic heterocycles. The molecule has 2 saturated heterocycles. The summed E-state index contributed by atoms with van der Waals surface area (Å²) >= 11 is 0. The number of carbonyl (C=O) groups is 1. The molecular formula is C19H30N4O2. The minimum absolute atomic E-state index is 0.00976. The van der Waals surface area contributed by atoms with Crippen molar-refractivity contribution < 1.29 is 9.53 Å². The second-order valence-corrected chi connectivity index (χ2v) is 7.59. The van der Waals surface area contributed by atoms with E-state index in [1.165, 1.54) is 6.42 Å². The van der Waals surface area contributed by atoms with Crippen molar-refractivity contribution >= 4 is 23.0 Å². The van der Waals surface area contributed by atoms with Crippen LogP contribution in [0.3, 0.4) is 0 Å². The summed E-state index contributed by atoms with van der Waals surface area (Å²) in [6, 6.07) is 5.71. The zero-order chi connectivity index (χ0) is 18.0. The van der Waals surface area contributed by atoms with E-state index in [0.29, 0.717) is 11.4 Å². The van der Waals surface area contributed by atoms with Crippen LogP contribution in [-0.2, 0) is 9.53 Å². The second-order valence-electron chi connectivity index (χ2n) is 7.59. The number of unbranched alkanes of at least 4 members (excludes halogenated alkanes) is 2. The van der Waals surface area contributed by atoms with Crippen LogP contribution in [0.25, 0.3) is 0 Å². The SMILES string of the molecule is CCCCCC(C)C(=O)OC1NCC12CN(c1cccc(N)c1N)C2. The number of nitrogen functional groups attached to an aromatic ring is 2. The lowest BCUT2D eigenvalue weighted by Gasteiger charge is -2.60. The van der Waals surface area contributed by atoms with Gasteiger partial charge in [-0.3, -0.25) is 10.1 Å². The van der Waals surface area contributed by atoms with Crippen LogP contribution in [0.15, 0.2) is 18.2 Å². The molecule has 1 spiro atoms. The Hall–Kier alpha value is -1.95. The number of anilines is 3. The van der Waals surface area contributed by atoms with Gasteiger partial charge in [0, 0.05) is 19.6 Å². The number of esters is 1. The maximum atomic E-state index is 12.3. The number of nitrogens with two attached hydrogens (primary N) is 2. The molecule has 2 unspecified atom stereocenters. The van der Waals surface area contributed by atoms with Gasteiger partial charge in [0.25, 0.3) is 0 Å². The number of carbonyl (C=O) groups excluding carboxylic acids is 1. The molecule has 6 heteroatoms. The standard InChI is InChI=1S/C19H30N4O2/c1-3-4-5-7-13(2)17(24)25-18-19(10-22-18)11-23(12-19)15-9-6-8-14(20)16(15)21/h6,8-9,13,18,22H,3-5,7,10-12,20-21H2,1-2H3. The van der Waals surface area contributed by atoms with Crippen molar-refractivity contribution in [3.63, 3.8) is 0 Å². The molecule has 0 saturated carbocycles. The number of benzene rings is 1. The molecule has 2 fully saturated rings. The van der Waals surface area contributed by atoms with E-state index in [4.69, 9.17) is 16.2 Å². The molecule has 1 aromatic carbocycles. The number of hydrogen-bond acceptors (Lipinski definition) is 6. The lowest BCUT2D eigenvalue weighted by Crippen LogP contribution is -2.77. The van der Waals surface area contributed by atoms with E-state index in [9.17, 15) is 4.79 Å². The molecule has 2 heterocycles. The first kappa shape index (κ1) is 17.9. The molecular weight excluding hydrogens is 316 g/mol. The first-order chi connectivity index (χ1) is 12.0. The molecule has 6 nitrogen and oxygen atoms in total. The van der Waals surface area contributed by atoms with Gasteiger partial charge in [0.05, 0.1) is 28.4 Å². The van der Waals surface area contributed by atoms with Gasteiger partial charge in [-0.1, -0.05) is 39.2 Å². The van der Waals surface area contributed by atoms with Gasteiger partial charge in [-0.05, 0) is 18.6 Å². The third kappa shape index (κ3) is 3.40. The topological polar surface area (TPSA) is 93.6 Å². The first-order valence-corrected chi connectivity index (χ1v) is 9.29. The Morgan fingerprint density at radius 2 is 2.16 bits per heavy atom. The van der Waals surface area contributed by atoms with E-state index in [1.54, 1.807) is 0 Å². The molecule has 138 valence electrons. The third-order valence-electron chi connectivity index (χ3n) is 5.54. The van der Waals surface area contributed by atoms with Crippen LogP contribution in [-0.4, -0.2) is 31.8 Å². The van der Waals surface area contributed by atoms with Gasteiger partial charge in [0.1, 0.15) is 0 Å².